The van der Waals surface area contributed by atoms with E-state index in [-0.39, 0.29) is 0 Å². The van der Waals surface area contributed by atoms with Crippen molar-refractivity contribution in [2.24, 2.45) is 0 Å². The smallest absolute Gasteiger partial charge is 0.0588 e. The van der Waals surface area contributed by atoms with Gasteiger partial charge in [-0.25, -0.2) is 0 Å². The van der Waals surface area contributed by atoms with Crippen molar-refractivity contribution in [2.75, 3.05) is 54.4 Å². The maximum absolute atomic E-state index is 2.38. The summed E-state index contributed by atoms with van der Waals surface area (Å²) in [6.07, 6.45) is 3.91. The Labute approximate surface area is 114 Å². The Bertz CT molecular complexity index is 190. The largest absolute Gasteiger partial charge is 0.291 e. The normalized spacial score (nSPS) is 27.0. The highest BCUT2D eigenvalue weighted by Gasteiger charge is 2.18. The zero-order valence-corrected chi connectivity index (χ0v) is 13.2. The minimum Gasteiger partial charge on any atom is -0.291 e. The van der Waals surface area contributed by atoms with Crippen LogP contribution in [0.15, 0.2) is 0 Å². The predicted molar refractivity (Wildman–Crippen MR) is 78.7 cm³/mol. The molecule has 0 saturated carbocycles. The van der Waals surface area contributed by atoms with Crippen LogP contribution in [0.1, 0.15) is 26.7 Å². The first kappa shape index (κ1) is 15.9. The molecule has 2 fully saturated rings. The Morgan fingerprint density at radius 3 is 0.944 bits per heavy atom. The van der Waals surface area contributed by atoms with Crippen LogP contribution in [0.3, 0.4) is 0 Å². The van der Waals surface area contributed by atoms with E-state index in [1.807, 2.05) is 0 Å². The monoisotopic (exact) mass is 256 g/mol. The second-order valence-electron chi connectivity index (χ2n) is 5.89. The molecule has 0 aliphatic carbocycles. The first-order valence-electron chi connectivity index (χ1n) is 7.24. The van der Waals surface area contributed by atoms with E-state index in [1.54, 1.807) is 0 Å². The molecule has 2 heterocycles. The summed E-state index contributed by atoms with van der Waals surface area (Å²) in [6.45, 7) is 9.52. The van der Waals surface area contributed by atoms with Crippen LogP contribution in [-0.4, -0.2) is 86.3 Å². The van der Waals surface area contributed by atoms with E-state index in [0.29, 0.717) is 12.3 Å². The molecule has 4 heteroatoms. The van der Waals surface area contributed by atoms with Crippen LogP contribution in [0.25, 0.3) is 0 Å². The van der Waals surface area contributed by atoms with Crippen molar-refractivity contribution in [3.05, 3.63) is 0 Å². The minimum atomic E-state index is 0.638. The van der Waals surface area contributed by atoms with Crippen LogP contribution in [0.4, 0.5) is 0 Å². The molecule has 0 spiro atoms. The van der Waals surface area contributed by atoms with E-state index in [0.717, 1.165) is 0 Å². The van der Waals surface area contributed by atoms with Crippen molar-refractivity contribution in [3.8, 4) is 0 Å². The Morgan fingerprint density at radius 1 is 0.556 bits per heavy atom. The average molecular weight is 256 g/mol. The van der Waals surface area contributed by atoms with Crippen molar-refractivity contribution in [1.82, 2.24) is 19.6 Å². The van der Waals surface area contributed by atoms with Crippen molar-refractivity contribution in [2.45, 2.75) is 39.0 Å². The maximum atomic E-state index is 2.38. The van der Waals surface area contributed by atoms with Gasteiger partial charge in [0.1, 0.15) is 0 Å². The van der Waals surface area contributed by atoms with Crippen LogP contribution in [0.5, 0.6) is 0 Å². The second-order valence-corrected chi connectivity index (χ2v) is 5.89. The molecule has 0 amide bonds. The summed E-state index contributed by atoms with van der Waals surface area (Å²) in [5, 5.41) is 0. The third-order valence-electron chi connectivity index (χ3n) is 4.59. The molecule has 0 atom stereocenters. The van der Waals surface area contributed by atoms with Crippen molar-refractivity contribution >= 4 is 0 Å². The second kappa shape index (κ2) is 7.43. The van der Waals surface area contributed by atoms with Crippen molar-refractivity contribution in [3.63, 3.8) is 0 Å². The summed E-state index contributed by atoms with van der Waals surface area (Å²) < 4.78 is 0. The van der Waals surface area contributed by atoms with Gasteiger partial charge in [-0.2, -0.15) is 0 Å². The molecule has 2 aliphatic rings. The van der Waals surface area contributed by atoms with Gasteiger partial charge in [-0.3, -0.25) is 19.6 Å². The van der Waals surface area contributed by atoms with Gasteiger partial charge >= 0.3 is 0 Å². The molecule has 2 rings (SSSR count). The van der Waals surface area contributed by atoms with Crippen molar-refractivity contribution < 1.29 is 0 Å². The van der Waals surface area contributed by atoms with E-state index in [1.165, 1.54) is 39.0 Å². The van der Waals surface area contributed by atoms with E-state index in [2.05, 4.69) is 61.6 Å². The van der Waals surface area contributed by atoms with Crippen LogP contribution in [0, 0.1) is 0 Å². The molecule has 0 aromatic carbocycles. The van der Waals surface area contributed by atoms with Crippen LogP contribution < -0.4 is 0 Å². The average Bonchev–Trinajstić information content (AvgIpc) is 2.34. The number of hydrogen-bond donors (Lipinski definition) is 0. The van der Waals surface area contributed by atoms with Gasteiger partial charge in [-0.05, 0) is 54.9 Å². The molecule has 0 aromatic heterocycles. The molecule has 108 valence electrons. The number of rotatable bonds is 0. The van der Waals surface area contributed by atoms with Crippen LogP contribution >= 0.6 is 0 Å². The quantitative estimate of drug-likeness (QED) is 0.645. The summed E-state index contributed by atoms with van der Waals surface area (Å²) in [5.41, 5.74) is 0. The fourth-order valence-electron chi connectivity index (χ4n) is 2.56. The molecule has 4 nitrogen and oxygen atoms in total. The third-order valence-corrected chi connectivity index (χ3v) is 4.59. The van der Waals surface area contributed by atoms with E-state index < -0.39 is 0 Å². The lowest BCUT2D eigenvalue weighted by Gasteiger charge is -2.37. The van der Waals surface area contributed by atoms with Gasteiger partial charge in [0.15, 0.2) is 0 Å². The maximum Gasteiger partial charge on any atom is 0.0588 e. The van der Waals surface area contributed by atoms with E-state index in [9.17, 15) is 0 Å². The van der Waals surface area contributed by atoms with Gasteiger partial charge in [-0.15, -0.1) is 0 Å². The van der Waals surface area contributed by atoms with Crippen LogP contribution in [0.2, 0.25) is 0 Å². The van der Waals surface area contributed by atoms with Crippen molar-refractivity contribution in [1.29, 1.82) is 0 Å². The molecular formula is C14H32N4. The number of nitrogens with zero attached hydrogens (tertiary/aromatic N) is 4. The zero-order chi connectivity index (χ0) is 13.7. The van der Waals surface area contributed by atoms with Crippen LogP contribution in [-0.2, 0) is 0 Å². The minimum absolute atomic E-state index is 0.638. The topological polar surface area (TPSA) is 13.0 Å². The molecule has 2 aliphatic heterocycles. The van der Waals surface area contributed by atoms with E-state index in [4.69, 9.17) is 0 Å². The number of hydrogen-bond acceptors (Lipinski definition) is 4. The lowest BCUT2D eigenvalue weighted by molar-refractivity contribution is 0.0561. The molecule has 18 heavy (non-hydrogen) atoms. The molecule has 2 saturated heterocycles. The summed E-state index contributed by atoms with van der Waals surface area (Å²) in [6, 6.07) is 0. The first-order chi connectivity index (χ1) is 8.43. The Hall–Kier alpha value is -0.160. The van der Waals surface area contributed by atoms with E-state index >= 15 is 0 Å². The summed E-state index contributed by atoms with van der Waals surface area (Å²) in [7, 11) is 8.72. The van der Waals surface area contributed by atoms with Gasteiger partial charge in [0.05, 0.1) is 12.3 Å². The third kappa shape index (κ3) is 4.50. The summed E-state index contributed by atoms with van der Waals surface area (Å²) >= 11 is 0. The lowest BCUT2D eigenvalue weighted by atomic mass is 10.2. The zero-order valence-electron chi connectivity index (χ0n) is 13.2. The summed E-state index contributed by atoms with van der Waals surface area (Å²) in [5.74, 6) is 0. The highest BCUT2D eigenvalue weighted by molar-refractivity contribution is 4.70. The molecule has 0 radical (unpaired) electrons. The lowest BCUT2D eigenvalue weighted by Crippen LogP contribution is -2.48. The fraction of sp³-hybridized carbons (Fsp3) is 1.00. The molecule has 0 N–H and O–H groups in total. The predicted octanol–water partition coefficient (Wildman–Crippen LogP) is 1.20. The molecule has 0 unspecified atom stereocenters. The standard InChI is InChI=1S/2C7H16N2/c2*1-7-8(2)5-4-6-9(7)3/h2*7H,4-6H2,1-3H3. The Balaban J connectivity index is 0.000000180. The van der Waals surface area contributed by atoms with Gasteiger partial charge in [0.25, 0.3) is 0 Å². The Morgan fingerprint density at radius 2 is 0.778 bits per heavy atom. The molecular weight excluding hydrogens is 224 g/mol. The fourth-order valence-corrected chi connectivity index (χ4v) is 2.56. The highest BCUT2D eigenvalue weighted by atomic mass is 15.3. The van der Waals surface area contributed by atoms with Gasteiger partial charge in [-0.1, -0.05) is 0 Å². The van der Waals surface area contributed by atoms with Gasteiger partial charge in [0, 0.05) is 26.2 Å². The highest BCUT2D eigenvalue weighted by Crippen LogP contribution is 2.08. The molecule has 0 aromatic rings. The molecule has 0 bridgehead atoms. The first-order valence-corrected chi connectivity index (χ1v) is 7.24. The summed E-state index contributed by atoms with van der Waals surface area (Å²) in [4.78, 5) is 9.51. The van der Waals surface area contributed by atoms with Gasteiger partial charge in [0.2, 0.25) is 0 Å². The Kier molecular flexibility index (Phi) is 6.57. The van der Waals surface area contributed by atoms with Gasteiger partial charge < -0.3 is 0 Å². The SMILES string of the molecule is CC1N(C)CCCN1C.CC1N(C)CCCN1C.